The molecular formula is C25H21NO3S2. The Balaban J connectivity index is 1.92. The van der Waals surface area contributed by atoms with Crippen LogP contribution in [0.3, 0.4) is 0 Å². The molecule has 6 heteroatoms. The van der Waals surface area contributed by atoms with Crippen LogP contribution in [0.5, 0.6) is 0 Å². The van der Waals surface area contributed by atoms with Crippen molar-refractivity contribution in [1.29, 1.82) is 0 Å². The molecule has 0 bridgehead atoms. The largest absolute Gasteiger partial charge is 0.501 e. The average Bonchev–Trinajstić information content (AvgIpc) is 3.22. The number of aliphatic carboxylic acids is 1. The number of rotatable bonds is 8. The molecule has 0 amide bonds. The molecule has 0 spiro atoms. The van der Waals surface area contributed by atoms with Gasteiger partial charge in [-0.2, -0.15) is 0 Å². The highest BCUT2D eigenvalue weighted by molar-refractivity contribution is 7.80. The lowest BCUT2D eigenvalue weighted by Crippen LogP contribution is -2.48. The smallest absolute Gasteiger partial charge is 0.308 e. The highest BCUT2D eigenvalue weighted by Gasteiger charge is 2.51. The van der Waals surface area contributed by atoms with E-state index in [1.54, 1.807) is 0 Å². The van der Waals surface area contributed by atoms with Crippen molar-refractivity contribution in [3.63, 3.8) is 0 Å². The number of aliphatic hydroxyl groups is 1. The number of nitrogens with zero attached hydrogens (tertiary/aromatic N) is 1. The Morgan fingerprint density at radius 3 is 2.06 bits per heavy atom. The maximum Gasteiger partial charge on any atom is 0.308 e. The summed E-state index contributed by atoms with van der Waals surface area (Å²) in [6.07, 6.45) is 0.465. The molecule has 31 heavy (non-hydrogen) atoms. The molecular weight excluding hydrogens is 426 g/mol. The number of aromatic nitrogens is 1. The number of hydrogen-bond acceptors (Lipinski definition) is 4. The zero-order chi connectivity index (χ0) is 21.8. The lowest BCUT2D eigenvalue weighted by molar-refractivity contribution is -0.143. The monoisotopic (exact) mass is 447 g/mol. The first-order chi connectivity index (χ1) is 15.0. The van der Waals surface area contributed by atoms with E-state index in [-0.39, 0.29) is 17.9 Å². The number of benzene rings is 3. The van der Waals surface area contributed by atoms with Gasteiger partial charge >= 0.3 is 5.97 Å². The first-order valence-corrected chi connectivity index (χ1v) is 11.1. The molecule has 3 aromatic carbocycles. The minimum absolute atomic E-state index is 0.222. The van der Waals surface area contributed by atoms with E-state index in [2.05, 4.69) is 0 Å². The van der Waals surface area contributed by atoms with Crippen molar-refractivity contribution >= 4 is 44.8 Å². The van der Waals surface area contributed by atoms with E-state index in [0.717, 1.165) is 21.3 Å². The summed E-state index contributed by atoms with van der Waals surface area (Å²) in [7, 11) is 0. The number of aliphatic hydroxyl groups excluding tert-OH is 1. The van der Waals surface area contributed by atoms with Gasteiger partial charge in [0.05, 0.1) is 16.1 Å². The first-order valence-electron chi connectivity index (χ1n) is 9.91. The SMILES string of the molecule is O=C(O)C(Cc1ccccc1)C(Cc1ccccc1)(C(O)=S)c1nc2ccccc2s1. The molecule has 0 saturated heterocycles. The standard InChI is InChI=1S/C25H21NO3S2/c27-22(28)19(15-17-9-3-1-4-10-17)25(24(29)30,16-18-11-5-2-6-12-18)23-26-20-13-7-8-14-21(20)31-23/h1-14,19H,15-16H2,(H,27,28)(H,29,30). The summed E-state index contributed by atoms with van der Waals surface area (Å²) in [5.74, 6) is -2.01. The van der Waals surface area contributed by atoms with Gasteiger partial charge in [-0.1, -0.05) is 72.8 Å². The van der Waals surface area contributed by atoms with Crippen molar-refractivity contribution in [2.45, 2.75) is 18.3 Å². The number of thiazole rings is 1. The maximum atomic E-state index is 12.6. The van der Waals surface area contributed by atoms with E-state index in [0.29, 0.717) is 5.01 Å². The fourth-order valence-electron chi connectivity index (χ4n) is 3.97. The Kier molecular flexibility index (Phi) is 6.11. The van der Waals surface area contributed by atoms with Crippen molar-refractivity contribution in [2.24, 2.45) is 5.92 Å². The van der Waals surface area contributed by atoms with Crippen LogP contribution in [0.25, 0.3) is 10.2 Å². The van der Waals surface area contributed by atoms with Crippen LogP contribution < -0.4 is 0 Å². The Bertz CT molecular complexity index is 1170. The third-order valence-corrected chi connectivity index (χ3v) is 7.14. The van der Waals surface area contributed by atoms with Crippen LogP contribution in [0.1, 0.15) is 16.1 Å². The molecule has 4 aromatic rings. The van der Waals surface area contributed by atoms with Crippen LogP contribution >= 0.6 is 23.6 Å². The Morgan fingerprint density at radius 2 is 1.48 bits per heavy atom. The normalized spacial score (nSPS) is 14.1. The lowest BCUT2D eigenvalue weighted by atomic mass is 9.69. The first kappa shape index (κ1) is 21.2. The van der Waals surface area contributed by atoms with Gasteiger partial charge in [0.15, 0.2) is 5.05 Å². The lowest BCUT2D eigenvalue weighted by Gasteiger charge is -2.35. The summed E-state index contributed by atoms with van der Waals surface area (Å²) in [5, 5.41) is 21.4. The van der Waals surface area contributed by atoms with Gasteiger partial charge in [0, 0.05) is 0 Å². The van der Waals surface area contributed by atoms with E-state index >= 15 is 0 Å². The molecule has 2 atom stereocenters. The Hall–Kier alpha value is -3.09. The summed E-state index contributed by atoms with van der Waals surface area (Å²) < 4.78 is 0.926. The van der Waals surface area contributed by atoms with E-state index in [4.69, 9.17) is 17.2 Å². The van der Waals surface area contributed by atoms with Crippen molar-refractivity contribution in [3.05, 3.63) is 101 Å². The molecule has 4 nitrogen and oxygen atoms in total. The number of fused-ring (bicyclic) bond motifs is 1. The van der Waals surface area contributed by atoms with Crippen molar-refractivity contribution in [1.82, 2.24) is 4.98 Å². The molecule has 0 fully saturated rings. The second-order valence-electron chi connectivity index (χ2n) is 7.51. The molecule has 0 radical (unpaired) electrons. The van der Waals surface area contributed by atoms with Gasteiger partial charge in [-0.05, 0) is 48.3 Å². The molecule has 2 unspecified atom stereocenters. The van der Waals surface area contributed by atoms with Crippen molar-refractivity contribution in [2.75, 3.05) is 0 Å². The average molecular weight is 448 g/mol. The van der Waals surface area contributed by atoms with Gasteiger partial charge in [0.1, 0.15) is 10.4 Å². The molecule has 1 aromatic heterocycles. The van der Waals surface area contributed by atoms with Crippen molar-refractivity contribution < 1.29 is 15.0 Å². The highest BCUT2D eigenvalue weighted by Crippen LogP contribution is 2.43. The molecule has 0 saturated carbocycles. The van der Waals surface area contributed by atoms with Gasteiger partial charge < -0.3 is 10.2 Å². The van der Waals surface area contributed by atoms with Crippen LogP contribution in [0.2, 0.25) is 0 Å². The topological polar surface area (TPSA) is 70.4 Å². The zero-order valence-electron chi connectivity index (χ0n) is 16.6. The van der Waals surface area contributed by atoms with Crippen LogP contribution in [0, 0.1) is 5.92 Å². The number of carboxylic acid groups (broad SMARTS) is 1. The summed E-state index contributed by atoms with van der Waals surface area (Å²) in [4.78, 5) is 17.4. The van der Waals surface area contributed by atoms with Crippen LogP contribution in [0.4, 0.5) is 0 Å². The highest BCUT2D eigenvalue weighted by atomic mass is 32.1. The van der Waals surface area contributed by atoms with E-state index in [9.17, 15) is 15.0 Å². The predicted molar refractivity (Wildman–Crippen MR) is 128 cm³/mol. The quantitative estimate of drug-likeness (QED) is 0.344. The fourth-order valence-corrected chi connectivity index (χ4v) is 5.55. The molecule has 4 rings (SSSR count). The number of carboxylic acids is 1. The maximum absolute atomic E-state index is 12.6. The van der Waals surface area contributed by atoms with E-state index in [1.165, 1.54) is 11.3 Å². The number of hydrogen-bond donors (Lipinski definition) is 2. The summed E-state index contributed by atoms with van der Waals surface area (Å²) >= 11 is 6.77. The van der Waals surface area contributed by atoms with E-state index in [1.807, 2.05) is 84.9 Å². The fraction of sp³-hybridized carbons (Fsp3) is 0.160. The molecule has 156 valence electrons. The summed E-state index contributed by atoms with van der Waals surface area (Å²) in [6.45, 7) is 0. The third-order valence-electron chi connectivity index (χ3n) is 5.56. The van der Waals surface area contributed by atoms with Gasteiger partial charge in [-0.25, -0.2) is 4.98 Å². The van der Waals surface area contributed by atoms with Crippen LogP contribution in [-0.4, -0.2) is 26.2 Å². The van der Waals surface area contributed by atoms with Gasteiger partial charge in [0.2, 0.25) is 0 Å². The number of carbonyl (C=O) groups is 1. The van der Waals surface area contributed by atoms with Crippen molar-refractivity contribution in [3.8, 4) is 0 Å². The minimum Gasteiger partial charge on any atom is -0.501 e. The Labute approximate surface area is 189 Å². The number of para-hydroxylation sites is 1. The predicted octanol–water partition coefficient (Wildman–Crippen LogP) is 5.61. The molecule has 1 heterocycles. The zero-order valence-corrected chi connectivity index (χ0v) is 18.3. The molecule has 2 N–H and O–H groups in total. The second-order valence-corrected chi connectivity index (χ2v) is 8.92. The molecule has 0 aliphatic carbocycles. The minimum atomic E-state index is -1.35. The van der Waals surface area contributed by atoms with Gasteiger partial charge in [-0.3, -0.25) is 4.79 Å². The summed E-state index contributed by atoms with van der Waals surface area (Å²) in [6, 6.07) is 26.6. The van der Waals surface area contributed by atoms with Gasteiger partial charge in [0.25, 0.3) is 0 Å². The van der Waals surface area contributed by atoms with Crippen LogP contribution in [0.15, 0.2) is 84.9 Å². The van der Waals surface area contributed by atoms with Gasteiger partial charge in [-0.15, -0.1) is 11.3 Å². The number of thiocarbonyl (C=S) groups is 1. The third kappa shape index (κ3) is 4.22. The summed E-state index contributed by atoms with van der Waals surface area (Å²) in [5.41, 5.74) is 1.17. The van der Waals surface area contributed by atoms with Crippen LogP contribution in [-0.2, 0) is 23.1 Å². The van der Waals surface area contributed by atoms with E-state index < -0.39 is 17.3 Å². The second kappa shape index (κ2) is 8.96. The molecule has 0 aliphatic rings. The molecule has 0 aliphatic heterocycles. The Morgan fingerprint density at radius 1 is 0.903 bits per heavy atom.